The third-order valence-electron chi connectivity index (χ3n) is 5.87. The Bertz CT molecular complexity index is 867. The largest absolute Gasteiger partial charge is 0.354 e. The van der Waals surface area contributed by atoms with Crippen molar-refractivity contribution in [3.8, 4) is 0 Å². The number of rotatable bonds is 6. The zero-order valence-corrected chi connectivity index (χ0v) is 17.1. The van der Waals surface area contributed by atoms with Crippen LogP contribution in [0.15, 0.2) is 54.6 Å². The first-order valence-electron chi connectivity index (χ1n) is 10.2. The zero-order valence-electron chi connectivity index (χ0n) is 16.4. The molecule has 152 valence electrons. The molecule has 2 aromatic carbocycles. The smallest absolute Gasteiger partial charge is 0.227 e. The number of hydrogen-bond donors (Lipinski definition) is 1. The van der Waals surface area contributed by atoms with Crippen LogP contribution in [-0.2, 0) is 9.59 Å². The molecule has 6 heteroatoms. The number of para-hydroxylation sites is 1. The Labute approximate surface area is 176 Å². The third-order valence-corrected chi connectivity index (χ3v) is 6.19. The van der Waals surface area contributed by atoms with E-state index >= 15 is 0 Å². The number of nitrogens with one attached hydrogen (secondary N) is 1. The van der Waals surface area contributed by atoms with Crippen LogP contribution in [0, 0.1) is 5.92 Å². The van der Waals surface area contributed by atoms with Crippen molar-refractivity contribution in [2.75, 3.05) is 31.1 Å². The SMILES string of the molecule is O=C(NC[C@H](c1ccccc1)N1CCCC1)[C@H]1CC(=O)N(c2ccccc2Cl)C1. The summed E-state index contributed by atoms with van der Waals surface area (Å²) in [5, 5.41) is 3.64. The molecular weight excluding hydrogens is 386 g/mol. The lowest BCUT2D eigenvalue weighted by molar-refractivity contribution is -0.126. The van der Waals surface area contributed by atoms with Crippen molar-refractivity contribution in [1.29, 1.82) is 0 Å². The lowest BCUT2D eigenvalue weighted by Crippen LogP contribution is -2.40. The summed E-state index contributed by atoms with van der Waals surface area (Å²) in [5.41, 5.74) is 1.89. The quantitative estimate of drug-likeness (QED) is 0.789. The number of likely N-dealkylation sites (tertiary alicyclic amines) is 1. The second kappa shape index (κ2) is 8.97. The highest BCUT2D eigenvalue weighted by molar-refractivity contribution is 6.33. The molecular formula is C23H26ClN3O2. The summed E-state index contributed by atoms with van der Waals surface area (Å²) < 4.78 is 0. The molecule has 2 heterocycles. The molecule has 2 aliphatic rings. The lowest BCUT2D eigenvalue weighted by atomic mass is 10.0. The molecule has 5 nitrogen and oxygen atoms in total. The van der Waals surface area contributed by atoms with E-state index in [9.17, 15) is 9.59 Å². The van der Waals surface area contributed by atoms with Crippen LogP contribution in [0.3, 0.4) is 0 Å². The van der Waals surface area contributed by atoms with Crippen LogP contribution in [0.25, 0.3) is 0 Å². The summed E-state index contributed by atoms with van der Waals surface area (Å²) in [6.45, 7) is 3.03. The standard InChI is InChI=1S/C23H26ClN3O2/c24-19-10-4-5-11-20(19)27-16-18(14-22(27)28)23(29)25-15-21(26-12-6-7-13-26)17-8-2-1-3-9-17/h1-5,8-11,18,21H,6-7,12-16H2,(H,25,29)/t18-,21+/m0/s1. The van der Waals surface area contributed by atoms with Crippen molar-refractivity contribution in [2.45, 2.75) is 25.3 Å². The first-order chi connectivity index (χ1) is 14.1. The van der Waals surface area contributed by atoms with Crippen LogP contribution in [0.1, 0.15) is 30.9 Å². The van der Waals surface area contributed by atoms with Gasteiger partial charge < -0.3 is 10.2 Å². The highest BCUT2D eigenvalue weighted by Gasteiger charge is 2.36. The summed E-state index contributed by atoms with van der Waals surface area (Å²) in [5.74, 6) is -0.473. The van der Waals surface area contributed by atoms with E-state index < -0.39 is 0 Å². The van der Waals surface area contributed by atoms with Gasteiger partial charge in [-0.1, -0.05) is 54.1 Å². The van der Waals surface area contributed by atoms with E-state index in [1.54, 1.807) is 11.0 Å². The van der Waals surface area contributed by atoms with E-state index in [1.165, 1.54) is 18.4 Å². The van der Waals surface area contributed by atoms with E-state index in [0.717, 1.165) is 13.1 Å². The van der Waals surface area contributed by atoms with Crippen LogP contribution in [0.5, 0.6) is 0 Å². The number of carbonyl (C=O) groups excluding carboxylic acids is 2. The normalized spacial score (nSPS) is 20.8. The van der Waals surface area contributed by atoms with Crippen LogP contribution < -0.4 is 10.2 Å². The Morgan fingerprint density at radius 2 is 1.76 bits per heavy atom. The molecule has 4 rings (SSSR count). The fourth-order valence-electron chi connectivity index (χ4n) is 4.31. The summed E-state index contributed by atoms with van der Waals surface area (Å²) in [7, 11) is 0. The average Bonchev–Trinajstić information content (AvgIpc) is 3.39. The maximum Gasteiger partial charge on any atom is 0.227 e. The predicted molar refractivity (Wildman–Crippen MR) is 115 cm³/mol. The molecule has 0 saturated carbocycles. The molecule has 2 amide bonds. The van der Waals surface area contributed by atoms with Gasteiger partial charge in [-0.3, -0.25) is 14.5 Å². The molecule has 0 aliphatic carbocycles. The summed E-state index contributed by atoms with van der Waals surface area (Å²) in [6.07, 6.45) is 2.61. The van der Waals surface area contributed by atoms with Crippen LogP contribution in [0.2, 0.25) is 5.02 Å². The van der Waals surface area contributed by atoms with Crippen molar-refractivity contribution >= 4 is 29.1 Å². The van der Waals surface area contributed by atoms with E-state index in [2.05, 4.69) is 22.3 Å². The van der Waals surface area contributed by atoms with E-state index in [4.69, 9.17) is 11.6 Å². The average molecular weight is 412 g/mol. The molecule has 2 atom stereocenters. The molecule has 0 radical (unpaired) electrons. The van der Waals surface area contributed by atoms with Gasteiger partial charge in [0, 0.05) is 19.5 Å². The van der Waals surface area contributed by atoms with Crippen molar-refractivity contribution < 1.29 is 9.59 Å². The minimum absolute atomic E-state index is 0.0580. The zero-order chi connectivity index (χ0) is 20.2. The van der Waals surface area contributed by atoms with Crippen LogP contribution in [0.4, 0.5) is 5.69 Å². The molecule has 29 heavy (non-hydrogen) atoms. The van der Waals surface area contributed by atoms with Gasteiger partial charge in [0.25, 0.3) is 0 Å². The minimum atomic E-state index is -0.353. The van der Waals surface area contributed by atoms with Gasteiger partial charge in [0.05, 0.1) is 22.7 Å². The number of amides is 2. The maximum absolute atomic E-state index is 12.9. The second-order valence-electron chi connectivity index (χ2n) is 7.77. The lowest BCUT2D eigenvalue weighted by Gasteiger charge is -2.28. The minimum Gasteiger partial charge on any atom is -0.354 e. The number of anilines is 1. The Balaban J connectivity index is 1.41. The Morgan fingerprint density at radius 3 is 2.48 bits per heavy atom. The summed E-state index contributed by atoms with van der Waals surface area (Å²) in [6, 6.07) is 17.8. The molecule has 2 aromatic rings. The summed E-state index contributed by atoms with van der Waals surface area (Å²) >= 11 is 6.24. The molecule has 2 saturated heterocycles. The molecule has 0 unspecified atom stereocenters. The Morgan fingerprint density at radius 1 is 1.07 bits per heavy atom. The van der Waals surface area contributed by atoms with Crippen molar-refractivity contribution in [2.24, 2.45) is 5.92 Å². The van der Waals surface area contributed by atoms with E-state index in [1.807, 2.05) is 36.4 Å². The fraction of sp³-hybridized carbons (Fsp3) is 0.391. The molecule has 2 aliphatic heterocycles. The topological polar surface area (TPSA) is 52.7 Å². The first-order valence-corrected chi connectivity index (χ1v) is 10.6. The fourth-order valence-corrected chi connectivity index (χ4v) is 4.55. The number of halogens is 1. The maximum atomic E-state index is 12.9. The van der Waals surface area contributed by atoms with Crippen molar-refractivity contribution in [3.05, 3.63) is 65.2 Å². The number of hydrogen-bond acceptors (Lipinski definition) is 3. The molecule has 0 bridgehead atoms. The molecule has 0 aromatic heterocycles. The van der Waals surface area contributed by atoms with Crippen LogP contribution >= 0.6 is 11.6 Å². The molecule has 0 spiro atoms. The Kier molecular flexibility index (Phi) is 6.16. The predicted octanol–water partition coefficient (Wildman–Crippen LogP) is 3.65. The van der Waals surface area contributed by atoms with Crippen molar-refractivity contribution in [1.82, 2.24) is 10.2 Å². The van der Waals surface area contributed by atoms with Gasteiger partial charge in [-0.15, -0.1) is 0 Å². The highest BCUT2D eigenvalue weighted by atomic mass is 35.5. The van der Waals surface area contributed by atoms with Crippen molar-refractivity contribution in [3.63, 3.8) is 0 Å². The second-order valence-corrected chi connectivity index (χ2v) is 8.18. The molecule has 1 N–H and O–H groups in total. The van der Waals surface area contributed by atoms with Gasteiger partial charge in [-0.25, -0.2) is 0 Å². The third kappa shape index (κ3) is 4.46. The first kappa shape index (κ1) is 19.9. The van der Waals surface area contributed by atoms with Crippen LogP contribution in [-0.4, -0.2) is 42.9 Å². The number of benzene rings is 2. The monoisotopic (exact) mass is 411 g/mol. The van der Waals surface area contributed by atoms with Gasteiger partial charge in [-0.05, 0) is 43.6 Å². The summed E-state index contributed by atoms with van der Waals surface area (Å²) in [4.78, 5) is 29.4. The van der Waals surface area contributed by atoms with Gasteiger partial charge >= 0.3 is 0 Å². The van der Waals surface area contributed by atoms with Gasteiger partial charge in [0.15, 0.2) is 0 Å². The van der Waals surface area contributed by atoms with Gasteiger partial charge in [0.2, 0.25) is 11.8 Å². The van der Waals surface area contributed by atoms with Gasteiger partial charge in [-0.2, -0.15) is 0 Å². The number of carbonyl (C=O) groups is 2. The molecule has 2 fully saturated rings. The number of nitrogens with zero attached hydrogens (tertiary/aromatic N) is 2. The van der Waals surface area contributed by atoms with Gasteiger partial charge in [0.1, 0.15) is 0 Å². The van der Waals surface area contributed by atoms with E-state index in [-0.39, 0.29) is 30.2 Å². The highest BCUT2D eigenvalue weighted by Crippen LogP contribution is 2.31. The van der Waals surface area contributed by atoms with E-state index in [0.29, 0.717) is 23.8 Å². The Hall–Kier alpha value is -2.37.